The van der Waals surface area contributed by atoms with Gasteiger partial charge in [0, 0.05) is 18.0 Å². The molecule has 2 aromatic carbocycles. The Balaban J connectivity index is 1.69. The Labute approximate surface area is 209 Å². The number of carbonyl (C=O) groups is 1. The number of hydrogen-bond donors (Lipinski definition) is 0. The number of nitrogens with zero attached hydrogens (tertiary/aromatic N) is 2. The molecule has 1 unspecified atom stereocenters. The predicted octanol–water partition coefficient (Wildman–Crippen LogP) is 8.15. The summed E-state index contributed by atoms with van der Waals surface area (Å²) in [6.07, 6.45) is 12.2. The van der Waals surface area contributed by atoms with Crippen LogP contribution in [0.5, 0.6) is 5.75 Å². The lowest BCUT2D eigenvalue weighted by atomic mass is 9.98. The molecule has 1 heterocycles. The summed E-state index contributed by atoms with van der Waals surface area (Å²) >= 11 is 0. The highest BCUT2D eigenvalue weighted by Crippen LogP contribution is 2.31. The Morgan fingerprint density at radius 3 is 2.14 bits per heavy atom. The molecule has 0 N–H and O–H groups in total. The van der Waals surface area contributed by atoms with Gasteiger partial charge in [-0.1, -0.05) is 82.3 Å². The summed E-state index contributed by atoms with van der Waals surface area (Å²) in [4.78, 5) is 21.6. The van der Waals surface area contributed by atoms with E-state index in [1.807, 2.05) is 48.8 Å². The van der Waals surface area contributed by atoms with Crippen LogP contribution in [0.25, 0.3) is 22.5 Å². The van der Waals surface area contributed by atoms with Crippen molar-refractivity contribution >= 4 is 5.97 Å². The molecule has 1 atom stereocenters. The Morgan fingerprint density at radius 1 is 0.857 bits per heavy atom. The summed E-state index contributed by atoms with van der Waals surface area (Å²) in [5.41, 5.74) is 2.02. The molecule has 0 saturated heterocycles. The molecular formula is C30H37FN2O2. The quantitative estimate of drug-likeness (QED) is 0.142. The standard InChI is InChI=1S/C30H37FN2O2/c1-4-6-8-12-20-30(3,31)29(34)35-25-18-16-24(17-19-25)26-14-10-11-15-27(26)28-32-21-23(22-33-28)13-9-7-5-2/h10-11,14-19,21-22H,4-9,12-13,20H2,1-3H3. The average Bonchev–Trinajstić information content (AvgIpc) is 2.88. The molecule has 0 amide bonds. The van der Waals surface area contributed by atoms with E-state index in [9.17, 15) is 9.18 Å². The van der Waals surface area contributed by atoms with E-state index in [2.05, 4.69) is 23.8 Å². The van der Waals surface area contributed by atoms with Gasteiger partial charge in [0.1, 0.15) is 5.75 Å². The lowest BCUT2D eigenvalue weighted by Gasteiger charge is -2.18. The molecule has 0 bridgehead atoms. The van der Waals surface area contributed by atoms with Gasteiger partial charge in [0.05, 0.1) is 0 Å². The number of alkyl halides is 1. The van der Waals surface area contributed by atoms with Gasteiger partial charge < -0.3 is 4.74 Å². The molecule has 0 spiro atoms. The molecule has 0 radical (unpaired) electrons. The van der Waals surface area contributed by atoms with Crippen LogP contribution in [0.2, 0.25) is 0 Å². The maximum Gasteiger partial charge on any atom is 0.348 e. The number of halogens is 1. The van der Waals surface area contributed by atoms with Gasteiger partial charge in [-0.05, 0) is 61.4 Å². The Kier molecular flexibility index (Phi) is 9.95. The molecule has 35 heavy (non-hydrogen) atoms. The molecule has 0 saturated carbocycles. The SMILES string of the molecule is CCCCCCC(C)(F)C(=O)Oc1ccc(-c2ccccc2-c2ncc(CCCCC)cn2)cc1. The number of unbranched alkanes of at least 4 members (excludes halogenated alkanes) is 5. The highest BCUT2D eigenvalue weighted by atomic mass is 19.1. The zero-order valence-corrected chi connectivity index (χ0v) is 21.2. The second kappa shape index (κ2) is 13.1. The number of carbonyl (C=O) groups excluding carboxylic acids is 1. The van der Waals surface area contributed by atoms with Crippen molar-refractivity contribution in [3.05, 3.63) is 66.5 Å². The van der Waals surface area contributed by atoms with E-state index >= 15 is 0 Å². The normalized spacial score (nSPS) is 12.8. The third-order valence-electron chi connectivity index (χ3n) is 6.24. The summed E-state index contributed by atoms with van der Waals surface area (Å²) in [6, 6.07) is 15.1. The topological polar surface area (TPSA) is 52.1 Å². The average molecular weight is 477 g/mol. The Hall–Kier alpha value is -3.08. The summed E-state index contributed by atoms with van der Waals surface area (Å²) in [5, 5.41) is 0. The molecule has 5 heteroatoms. The van der Waals surface area contributed by atoms with Crippen molar-refractivity contribution in [1.82, 2.24) is 9.97 Å². The fourth-order valence-corrected chi connectivity index (χ4v) is 4.03. The zero-order chi connectivity index (χ0) is 25.1. The molecular weight excluding hydrogens is 439 g/mol. The number of ether oxygens (including phenoxy) is 1. The van der Waals surface area contributed by atoms with Gasteiger partial charge in [-0.3, -0.25) is 0 Å². The van der Waals surface area contributed by atoms with Gasteiger partial charge in [0.2, 0.25) is 5.67 Å². The smallest absolute Gasteiger partial charge is 0.348 e. The first-order valence-corrected chi connectivity index (χ1v) is 12.9. The molecule has 1 aromatic heterocycles. The van der Waals surface area contributed by atoms with Gasteiger partial charge in [0.25, 0.3) is 0 Å². The minimum atomic E-state index is -1.99. The molecule has 0 aliphatic rings. The highest BCUT2D eigenvalue weighted by molar-refractivity contribution is 5.82. The monoisotopic (exact) mass is 476 g/mol. The van der Waals surface area contributed by atoms with E-state index in [-0.39, 0.29) is 6.42 Å². The lowest BCUT2D eigenvalue weighted by Crippen LogP contribution is -2.34. The summed E-state index contributed by atoms with van der Waals surface area (Å²) in [6.45, 7) is 5.60. The van der Waals surface area contributed by atoms with Crippen LogP contribution in [0.1, 0.15) is 77.7 Å². The highest BCUT2D eigenvalue weighted by Gasteiger charge is 2.34. The number of benzene rings is 2. The minimum Gasteiger partial charge on any atom is -0.424 e. The largest absolute Gasteiger partial charge is 0.424 e. The minimum absolute atomic E-state index is 0.175. The van der Waals surface area contributed by atoms with Gasteiger partial charge in [-0.25, -0.2) is 19.2 Å². The fraction of sp³-hybridized carbons (Fsp3) is 0.433. The third kappa shape index (κ3) is 7.71. The molecule has 3 aromatic rings. The van der Waals surface area contributed by atoms with Crippen LogP contribution in [-0.2, 0) is 11.2 Å². The summed E-state index contributed by atoms with van der Waals surface area (Å²) in [7, 11) is 0. The molecule has 4 nitrogen and oxygen atoms in total. The van der Waals surface area contributed by atoms with E-state index in [4.69, 9.17) is 4.74 Å². The van der Waals surface area contributed by atoms with Crippen molar-refractivity contribution < 1.29 is 13.9 Å². The maximum absolute atomic E-state index is 14.8. The van der Waals surface area contributed by atoms with Crippen molar-refractivity contribution in [1.29, 1.82) is 0 Å². The zero-order valence-electron chi connectivity index (χ0n) is 21.2. The van der Waals surface area contributed by atoms with Gasteiger partial charge >= 0.3 is 5.97 Å². The van der Waals surface area contributed by atoms with Crippen LogP contribution in [0, 0.1) is 0 Å². The molecule has 0 fully saturated rings. The van der Waals surface area contributed by atoms with Crippen molar-refractivity contribution in [2.24, 2.45) is 0 Å². The van der Waals surface area contributed by atoms with Crippen molar-refractivity contribution in [3.8, 4) is 28.3 Å². The van der Waals surface area contributed by atoms with Crippen LogP contribution >= 0.6 is 0 Å². The molecule has 186 valence electrons. The fourth-order valence-electron chi connectivity index (χ4n) is 4.03. The molecule has 3 rings (SSSR count). The Morgan fingerprint density at radius 2 is 1.49 bits per heavy atom. The number of rotatable bonds is 13. The second-order valence-electron chi connectivity index (χ2n) is 9.34. The van der Waals surface area contributed by atoms with E-state index in [0.29, 0.717) is 18.0 Å². The lowest BCUT2D eigenvalue weighted by molar-refractivity contribution is -0.147. The second-order valence-corrected chi connectivity index (χ2v) is 9.34. The van der Waals surface area contributed by atoms with Gasteiger partial charge in [-0.2, -0.15) is 0 Å². The predicted molar refractivity (Wildman–Crippen MR) is 140 cm³/mol. The summed E-state index contributed by atoms with van der Waals surface area (Å²) < 4.78 is 20.2. The van der Waals surface area contributed by atoms with E-state index in [1.165, 1.54) is 19.8 Å². The van der Waals surface area contributed by atoms with E-state index in [1.54, 1.807) is 12.1 Å². The first kappa shape index (κ1) is 26.5. The van der Waals surface area contributed by atoms with Crippen LogP contribution in [0.15, 0.2) is 60.9 Å². The first-order valence-electron chi connectivity index (χ1n) is 12.9. The molecule has 0 aliphatic carbocycles. The van der Waals surface area contributed by atoms with Crippen LogP contribution < -0.4 is 4.74 Å². The number of esters is 1. The number of aromatic nitrogens is 2. The summed E-state index contributed by atoms with van der Waals surface area (Å²) in [5.74, 6) is 0.169. The Bertz CT molecular complexity index is 1060. The first-order chi connectivity index (χ1) is 16.9. The van der Waals surface area contributed by atoms with E-state index in [0.717, 1.165) is 54.4 Å². The third-order valence-corrected chi connectivity index (χ3v) is 6.24. The van der Waals surface area contributed by atoms with Crippen molar-refractivity contribution in [2.45, 2.75) is 84.2 Å². The number of aryl methyl sites for hydroxylation is 1. The van der Waals surface area contributed by atoms with Crippen molar-refractivity contribution in [2.75, 3.05) is 0 Å². The maximum atomic E-state index is 14.8. The van der Waals surface area contributed by atoms with Crippen LogP contribution in [0.3, 0.4) is 0 Å². The van der Waals surface area contributed by atoms with Gasteiger partial charge in [-0.15, -0.1) is 0 Å². The van der Waals surface area contributed by atoms with E-state index < -0.39 is 11.6 Å². The molecule has 0 aliphatic heterocycles. The van der Waals surface area contributed by atoms with Crippen LogP contribution in [-0.4, -0.2) is 21.6 Å². The van der Waals surface area contributed by atoms with Gasteiger partial charge in [0.15, 0.2) is 5.82 Å². The number of hydrogen-bond acceptors (Lipinski definition) is 4. The van der Waals surface area contributed by atoms with Crippen molar-refractivity contribution in [3.63, 3.8) is 0 Å². The van der Waals surface area contributed by atoms with Crippen LogP contribution in [0.4, 0.5) is 4.39 Å².